The van der Waals surface area contributed by atoms with E-state index in [1.165, 1.54) is 31.4 Å². The minimum absolute atomic E-state index is 0.116. The topological polar surface area (TPSA) is 86.9 Å². The highest BCUT2D eigenvalue weighted by atomic mass is 35.5. The summed E-state index contributed by atoms with van der Waals surface area (Å²) >= 11 is 6.01. The zero-order chi connectivity index (χ0) is 20.5. The predicted octanol–water partition coefficient (Wildman–Crippen LogP) is 4.21. The second-order valence-electron chi connectivity index (χ2n) is 6.86. The summed E-state index contributed by atoms with van der Waals surface area (Å²) in [4.78, 5) is 31.8. The van der Waals surface area contributed by atoms with Gasteiger partial charge >= 0.3 is 0 Å². The maximum absolute atomic E-state index is 14.4. The summed E-state index contributed by atoms with van der Waals surface area (Å²) in [7, 11) is 1.54. The first-order chi connectivity index (χ1) is 14.0. The number of amides is 1. The monoisotopic (exact) mass is 412 g/mol. The van der Waals surface area contributed by atoms with E-state index in [-0.39, 0.29) is 28.5 Å². The summed E-state index contributed by atoms with van der Waals surface area (Å²) in [5.74, 6) is -0.618. The molecular formula is C21H18ClFN4O2. The van der Waals surface area contributed by atoms with Crippen LogP contribution in [0, 0.1) is 5.82 Å². The molecule has 0 radical (unpaired) electrons. The fraction of sp³-hybridized carbons (Fsp3) is 0.190. The van der Waals surface area contributed by atoms with Crippen molar-refractivity contribution in [3.8, 4) is 11.1 Å². The van der Waals surface area contributed by atoms with Gasteiger partial charge in [-0.3, -0.25) is 14.6 Å². The first-order valence-electron chi connectivity index (χ1n) is 9.13. The maximum Gasteiger partial charge on any atom is 0.256 e. The van der Waals surface area contributed by atoms with Crippen molar-refractivity contribution in [2.24, 2.45) is 0 Å². The molecule has 148 valence electrons. The Morgan fingerprint density at radius 1 is 1.21 bits per heavy atom. The van der Waals surface area contributed by atoms with Crippen LogP contribution in [-0.4, -0.2) is 22.9 Å². The normalized spacial score (nSPS) is 13.2. The standard InChI is InChI=1S/C21H18ClFN4O2/c1-24-20(28)15-10-25-7-6-17(15)26-18-9-14(13-8-12(22)4-5-16(13)23)21(29)27-19(18)11-2-3-11/h4-11H,2-3H2,1H3,(H,24,28)(H,25,26)(H,27,29). The molecule has 1 saturated carbocycles. The van der Waals surface area contributed by atoms with Gasteiger partial charge in [-0.05, 0) is 43.2 Å². The van der Waals surface area contributed by atoms with Gasteiger partial charge in [0.25, 0.3) is 11.5 Å². The van der Waals surface area contributed by atoms with Crippen molar-refractivity contribution < 1.29 is 9.18 Å². The molecule has 4 rings (SSSR count). The van der Waals surface area contributed by atoms with Crippen molar-refractivity contribution >= 4 is 28.9 Å². The Balaban J connectivity index is 1.84. The number of hydrogen-bond donors (Lipinski definition) is 3. The van der Waals surface area contributed by atoms with Crippen LogP contribution in [0.25, 0.3) is 11.1 Å². The molecule has 6 nitrogen and oxygen atoms in total. The van der Waals surface area contributed by atoms with Crippen LogP contribution in [-0.2, 0) is 0 Å². The third-order valence-corrected chi connectivity index (χ3v) is 5.07. The number of pyridine rings is 2. The number of anilines is 2. The number of benzene rings is 1. The molecule has 0 spiro atoms. The summed E-state index contributed by atoms with van der Waals surface area (Å²) in [6.07, 6.45) is 4.93. The fourth-order valence-electron chi connectivity index (χ4n) is 3.21. The number of nitrogens with one attached hydrogen (secondary N) is 3. The molecule has 3 N–H and O–H groups in total. The van der Waals surface area contributed by atoms with Crippen molar-refractivity contribution in [1.82, 2.24) is 15.3 Å². The van der Waals surface area contributed by atoms with Gasteiger partial charge < -0.3 is 15.6 Å². The van der Waals surface area contributed by atoms with E-state index in [2.05, 4.69) is 20.6 Å². The van der Waals surface area contributed by atoms with Gasteiger partial charge in [0.1, 0.15) is 5.82 Å². The minimum atomic E-state index is -0.542. The van der Waals surface area contributed by atoms with E-state index in [9.17, 15) is 14.0 Å². The van der Waals surface area contributed by atoms with Crippen LogP contribution in [0.3, 0.4) is 0 Å². The highest BCUT2D eigenvalue weighted by Crippen LogP contribution is 2.43. The maximum atomic E-state index is 14.4. The summed E-state index contributed by atoms with van der Waals surface area (Å²) < 4.78 is 14.4. The number of nitrogens with zero attached hydrogens (tertiary/aromatic N) is 1. The zero-order valence-electron chi connectivity index (χ0n) is 15.6. The summed E-state index contributed by atoms with van der Waals surface area (Å²) in [5.41, 5.74) is 2.13. The third kappa shape index (κ3) is 3.86. The highest BCUT2D eigenvalue weighted by molar-refractivity contribution is 6.30. The molecule has 2 heterocycles. The van der Waals surface area contributed by atoms with E-state index < -0.39 is 5.82 Å². The number of H-pyrrole nitrogens is 1. The molecule has 0 bridgehead atoms. The van der Waals surface area contributed by atoms with Gasteiger partial charge in [-0.25, -0.2) is 4.39 Å². The molecule has 1 aliphatic carbocycles. The predicted molar refractivity (Wildman–Crippen MR) is 110 cm³/mol. The van der Waals surface area contributed by atoms with Crippen LogP contribution in [0.4, 0.5) is 15.8 Å². The third-order valence-electron chi connectivity index (χ3n) is 4.84. The second-order valence-corrected chi connectivity index (χ2v) is 7.30. The molecule has 29 heavy (non-hydrogen) atoms. The van der Waals surface area contributed by atoms with Crippen molar-refractivity contribution in [3.63, 3.8) is 0 Å². The second kappa shape index (κ2) is 7.67. The molecule has 1 fully saturated rings. The number of carbonyl (C=O) groups excluding carboxylic acids is 1. The van der Waals surface area contributed by atoms with Gasteiger partial charge in [0.15, 0.2) is 0 Å². The first kappa shape index (κ1) is 19.1. The first-order valence-corrected chi connectivity index (χ1v) is 9.51. The number of rotatable bonds is 5. The van der Waals surface area contributed by atoms with Gasteiger partial charge in [0.2, 0.25) is 0 Å². The van der Waals surface area contributed by atoms with Crippen molar-refractivity contribution in [1.29, 1.82) is 0 Å². The molecule has 0 unspecified atom stereocenters. The van der Waals surface area contributed by atoms with Crippen LogP contribution < -0.4 is 16.2 Å². The Bertz CT molecular complexity index is 1160. The van der Waals surface area contributed by atoms with E-state index in [1.54, 1.807) is 18.3 Å². The van der Waals surface area contributed by atoms with Crippen LogP contribution in [0.5, 0.6) is 0 Å². The molecule has 8 heteroatoms. The zero-order valence-corrected chi connectivity index (χ0v) is 16.3. The van der Waals surface area contributed by atoms with E-state index >= 15 is 0 Å². The molecule has 2 aromatic heterocycles. The largest absolute Gasteiger partial charge is 0.355 e. The Kier molecular flexibility index (Phi) is 5.07. The molecule has 1 aromatic carbocycles. The Morgan fingerprint density at radius 2 is 2.00 bits per heavy atom. The number of halogens is 2. The average molecular weight is 413 g/mol. The highest BCUT2D eigenvalue weighted by Gasteiger charge is 2.29. The van der Waals surface area contributed by atoms with Crippen LogP contribution >= 0.6 is 11.6 Å². The Morgan fingerprint density at radius 3 is 2.72 bits per heavy atom. The smallest absolute Gasteiger partial charge is 0.256 e. The lowest BCUT2D eigenvalue weighted by Crippen LogP contribution is -2.20. The minimum Gasteiger partial charge on any atom is -0.355 e. The van der Waals surface area contributed by atoms with E-state index in [1.807, 2.05) is 0 Å². The lowest BCUT2D eigenvalue weighted by atomic mass is 10.0. The van der Waals surface area contributed by atoms with Gasteiger partial charge in [0.05, 0.1) is 22.5 Å². The van der Waals surface area contributed by atoms with Gasteiger partial charge in [-0.15, -0.1) is 0 Å². The fourth-order valence-corrected chi connectivity index (χ4v) is 3.38. The molecule has 1 amide bonds. The van der Waals surface area contributed by atoms with Gasteiger partial charge in [-0.2, -0.15) is 0 Å². The average Bonchev–Trinajstić information content (AvgIpc) is 3.56. The van der Waals surface area contributed by atoms with Crippen LogP contribution in [0.15, 0.2) is 47.5 Å². The van der Waals surface area contributed by atoms with Crippen LogP contribution in [0.2, 0.25) is 5.02 Å². The number of aromatic amines is 1. The summed E-state index contributed by atoms with van der Waals surface area (Å²) in [6, 6.07) is 7.36. The SMILES string of the molecule is CNC(=O)c1cnccc1Nc1cc(-c2cc(Cl)ccc2F)c(=O)[nH]c1C1CC1. The van der Waals surface area contributed by atoms with Gasteiger partial charge in [-0.1, -0.05) is 11.6 Å². The molecule has 1 aliphatic rings. The van der Waals surface area contributed by atoms with Crippen LogP contribution in [0.1, 0.15) is 34.8 Å². The number of carbonyl (C=O) groups is 1. The lowest BCUT2D eigenvalue weighted by molar-refractivity contribution is 0.0963. The summed E-state index contributed by atoms with van der Waals surface area (Å²) in [5, 5.41) is 6.13. The van der Waals surface area contributed by atoms with Gasteiger partial charge in [0, 0.05) is 41.6 Å². The van der Waals surface area contributed by atoms with Crippen molar-refractivity contribution in [2.45, 2.75) is 18.8 Å². The van der Waals surface area contributed by atoms with Crippen molar-refractivity contribution in [3.05, 3.63) is 75.2 Å². The number of hydrogen-bond acceptors (Lipinski definition) is 4. The Hall–Kier alpha value is -3.19. The quantitative estimate of drug-likeness (QED) is 0.585. The lowest BCUT2D eigenvalue weighted by Gasteiger charge is -2.16. The molecule has 0 atom stereocenters. The molecule has 0 saturated heterocycles. The molecule has 3 aromatic rings. The molecule has 0 aliphatic heterocycles. The van der Waals surface area contributed by atoms with E-state index in [0.717, 1.165) is 18.5 Å². The molecular weight excluding hydrogens is 395 g/mol. The van der Waals surface area contributed by atoms with E-state index in [4.69, 9.17) is 11.6 Å². The Labute approximate surface area is 171 Å². The summed E-state index contributed by atoms with van der Waals surface area (Å²) in [6.45, 7) is 0. The van der Waals surface area contributed by atoms with E-state index in [0.29, 0.717) is 22.0 Å². The van der Waals surface area contributed by atoms with Crippen molar-refractivity contribution in [2.75, 3.05) is 12.4 Å². The number of aromatic nitrogens is 2.